The third-order valence-corrected chi connectivity index (χ3v) is 2.82. The summed E-state index contributed by atoms with van der Waals surface area (Å²) in [6.45, 7) is 5.68. The van der Waals surface area contributed by atoms with Gasteiger partial charge in [0.2, 0.25) is 0 Å². The first kappa shape index (κ1) is 14.4. The molecule has 17 heavy (non-hydrogen) atoms. The van der Waals surface area contributed by atoms with Crippen molar-refractivity contribution in [2.24, 2.45) is 4.99 Å². The minimum atomic E-state index is -0.247. The van der Waals surface area contributed by atoms with E-state index in [0.717, 1.165) is 10.0 Å². The van der Waals surface area contributed by atoms with Crippen molar-refractivity contribution >= 4 is 22.1 Å². The largest absolute Gasteiger partial charge is 0.351 e. The first-order chi connectivity index (χ1) is 8.27. The summed E-state index contributed by atoms with van der Waals surface area (Å²) < 4.78 is 11.8. The van der Waals surface area contributed by atoms with Crippen LogP contribution in [0.15, 0.2) is 33.7 Å². The molecule has 0 heterocycles. The average Bonchev–Trinajstić information content (AvgIpc) is 2.32. The molecule has 0 radical (unpaired) electrons. The van der Waals surface area contributed by atoms with Crippen LogP contribution in [0.5, 0.6) is 0 Å². The van der Waals surface area contributed by atoms with Crippen LogP contribution in [0.2, 0.25) is 0 Å². The van der Waals surface area contributed by atoms with Gasteiger partial charge in [0.15, 0.2) is 6.29 Å². The van der Waals surface area contributed by atoms with E-state index in [2.05, 4.69) is 20.9 Å². The Morgan fingerprint density at radius 1 is 1.24 bits per heavy atom. The lowest BCUT2D eigenvalue weighted by atomic mass is 10.2. The van der Waals surface area contributed by atoms with Crippen LogP contribution >= 0.6 is 15.9 Å². The Hall–Kier alpha value is -0.710. The Bertz CT molecular complexity index is 349. The lowest BCUT2D eigenvalue weighted by Gasteiger charge is -2.14. The van der Waals surface area contributed by atoms with Gasteiger partial charge in [0.25, 0.3) is 0 Å². The van der Waals surface area contributed by atoms with Gasteiger partial charge in [-0.1, -0.05) is 34.1 Å². The summed E-state index contributed by atoms with van der Waals surface area (Å²) in [5, 5.41) is 0. The quantitative estimate of drug-likeness (QED) is 0.571. The minimum absolute atomic E-state index is 0.247. The van der Waals surface area contributed by atoms with Crippen molar-refractivity contribution in [1.29, 1.82) is 0 Å². The number of benzene rings is 1. The van der Waals surface area contributed by atoms with E-state index in [-0.39, 0.29) is 6.29 Å². The molecule has 0 aliphatic rings. The number of halogens is 1. The maximum absolute atomic E-state index is 5.40. The zero-order chi connectivity index (χ0) is 12.5. The molecular weight excluding hydrogens is 282 g/mol. The molecule has 0 fully saturated rings. The Balaban J connectivity index is 2.50. The fraction of sp³-hybridized carbons (Fsp3) is 0.462. The van der Waals surface area contributed by atoms with E-state index in [1.807, 2.05) is 44.3 Å². The second-order valence-electron chi connectivity index (χ2n) is 3.36. The van der Waals surface area contributed by atoms with Gasteiger partial charge in [-0.3, -0.25) is 4.99 Å². The highest BCUT2D eigenvalue weighted by Gasteiger charge is 2.05. The number of hydrogen-bond donors (Lipinski definition) is 0. The molecule has 1 aromatic carbocycles. The predicted molar refractivity (Wildman–Crippen MR) is 73.6 cm³/mol. The number of hydrogen-bond acceptors (Lipinski definition) is 3. The van der Waals surface area contributed by atoms with E-state index in [1.54, 1.807) is 0 Å². The van der Waals surface area contributed by atoms with E-state index in [1.165, 1.54) is 0 Å². The fourth-order valence-electron chi connectivity index (χ4n) is 1.34. The summed E-state index contributed by atoms with van der Waals surface area (Å²) in [6.07, 6.45) is 1.58. The molecule has 0 aliphatic heterocycles. The van der Waals surface area contributed by atoms with Gasteiger partial charge in [-0.05, 0) is 19.9 Å². The number of aliphatic imine (C=N–C) groups is 1. The molecule has 1 rings (SSSR count). The summed E-state index contributed by atoms with van der Waals surface area (Å²) in [6, 6.07) is 7.95. The molecular formula is C13H18BrNO2. The van der Waals surface area contributed by atoms with Crippen LogP contribution in [-0.2, 0) is 9.47 Å². The van der Waals surface area contributed by atoms with Crippen molar-refractivity contribution < 1.29 is 9.47 Å². The van der Waals surface area contributed by atoms with Crippen LogP contribution in [0.1, 0.15) is 19.4 Å². The second-order valence-corrected chi connectivity index (χ2v) is 4.21. The van der Waals surface area contributed by atoms with E-state index in [4.69, 9.17) is 9.47 Å². The summed E-state index contributed by atoms with van der Waals surface area (Å²) in [5.41, 5.74) is 1.05. The molecule has 1 aromatic rings. The lowest BCUT2D eigenvalue weighted by molar-refractivity contribution is -0.128. The molecule has 0 aliphatic carbocycles. The molecule has 0 N–H and O–H groups in total. The number of nitrogens with zero attached hydrogens (tertiary/aromatic N) is 1. The maximum Gasteiger partial charge on any atom is 0.176 e. The van der Waals surface area contributed by atoms with Gasteiger partial charge in [0.1, 0.15) is 0 Å². The summed E-state index contributed by atoms with van der Waals surface area (Å²) in [4.78, 5) is 4.34. The molecule has 3 nitrogen and oxygen atoms in total. The van der Waals surface area contributed by atoms with E-state index >= 15 is 0 Å². The molecule has 0 amide bonds. The van der Waals surface area contributed by atoms with Crippen LogP contribution < -0.4 is 0 Å². The van der Waals surface area contributed by atoms with Crippen molar-refractivity contribution in [3.05, 3.63) is 34.3 Å². The third kappa shape index (κ3) is 5.44. The van der Waals surface area contributed by atoms with E-state index in [0.29, 0.717) is 19.8 Å². The zero-order valence-electron chi connectivity index (χ0n) is 10.2. The number of ether oxygens (including phenoxy) is 2. The fourth-order valence-corrected chi connectivity index (χ4v) is 1.73. The monoisotopic (exact) mass is 299 g/mol. The zero-order valence-corrected chi connectivity index (χ0v) is 11.8. The summed E-state index contributed by atoms with van der Waals surface area (Å²) >= 11 is 3.47. The van der Waals surface area contributed by atoms with Gasteiger partial charge in [-0.15, -0.1) is 0 Å². The summed E-state index contributed by atoms with van der Waals surface area (Å²) in [5.74, 6) is 0. The van der Waals surface area contributed by atoms with Crippen LogP contribution in [0.3, 0.4) is 0 Å². The van der Waals surface area contributed by atoms with Crippen molar-refractivity contribution in [1.82, 2.24) is 0 Å². The Labute approximate surface area is 111 Å². The van der Waals surface area contributed by atoms with Crippen molar-refractivity contribution in [2.75, 3.05) is 19.8 Å². The highest BCUT2D eigenvalue weighted by Crippen LogP contribution is 2.13. The van der Waals surface area contributed by atoms with E-state index in [9.17, 15) is 0 Å². The SMILES string of the molecule is CCOC(CN=Cc1ccccc1Br)OCC. The Kier molecular flexibility index (Phi) is 7.08. The van der Waals surface area contributed by atoms with Crippen LogP contribution in [0, 0.1) is 0 Å². The molecule has 0 spiro atoms. The van der Waals surface area contributed by atoms with Gasteiger partial charge in [0.05, 0.1) is 6.54 Å². The Morgan fingerprint density at radius 3 is 2.47 bits per heavy atom. The molecule has 0 bridgehead atoms. The van der Waals surface area contributed by atoms with Crippen LogP contribution in [0.4, 0.5) is 0 Å². The second kappa shape index (κ2) is 8.39. The number of rotatable bonds is 7. The van der Waals surface area contributed by atoms with Gasteiger partial charge in [-0.2, -0.15) is 0 Å². The first-order valence-corrected chi connectivity index (χ1v) is 6.54. The Morgan fingerprint density at radius 2 is 1.88 bits per heavy atom. The highest BCUT2D eigenvalue weighted by atomic mass is 79.9. The normalized spacial score (nSPS) is 11.5. The minimum Gasteiger partial charge on any atom is -0.351 e. The third-order valence-electron chi connectivity index (χ3n) is 2.10. The molecule has 0 saturated carbocycles. The topological polar surface area (TPSA) is 30.8 Å². The molecule has 4 heteroatoms. The van der Waals surface area contributed by atoms with Crippen molar-refractivity contribution in [3.8, 4) is 0 Å². The maximum atomic E-state index is 5.40. The van der Waals surface area contributed by atoms with Crippen LogP contribution in [-0.4, -0.2) is 32.3 Å². The van der Waals surface area contributed by atoms with Gasteiger partial charge in [0, 0.05) is 29.5 Å². The highest BCUT2D eigenvalue weighted by molar-refractivity contribution is 9.10. The predicted octanol–water partition coefficient (Wildman–Crippen LogP) is 3.27. The first-order valence-electron chi connectivity index (χ1n) is 5.75. The molecule has 0 atom stereocenters. The standard InChI is InChI=1S/C13H18BrNO2/c1-3-16-13(17-4-2)10-15-9-11-7-5-6-8-12(11)14/h5-9,13H,3-4,10H2,1-2H3. The lowest BCUT2D eigenvalue weighted by Crippen LogP contribution is -2.20. The molecule has 94 valence electrons. The van der Waals surface area contributed by atoms with Gasteiger partial charge in [-0.25, -0.2) is 0 Å². The molecule has 0 saturated heterocycles. The summed E-state index contributed by atoms with van der Waals surface area (Å²) in [7, 11) is 0. The molecule has 0 unspecified atom stereocenters. The van der Waals surface area contributed by atoms with Crippen molar-refractivity contribution in [3.63, 3.8) is 0 Å². The van der Waals surface area contributed by atoms with Gasteiger partial charge >= 0.3 is 0 Å². The molecule has 0 aromatic heterocycles. The smallest absolute Gasteiger partial charge is 0.176 e. The van der Waals surface area contributed by atoms with E-state index < -0.39 is 0 Å². The van der Waals surface area contributed by atoms with Crippen molar-refractivity contribution in [2.45, 2.75) is 20.1 Å². The average molecular weight is 300 g/mol. The van der Waals surface area contributed by atoms with Crippen LogP contribution in [0.25, 0.3) is 0 Å². The van der Waals surface area contributed by atoms with Gasteiger partial charge < -0.3 is 9.47 Å².